The Morgan fingerprint density at radius 3 is 2.05 bits per heavy atom. The molecular weight excluding hydrogens is 572 g/mol. The first-order chi connectivity index (χ1) is 20.4. The normalized spacial score (nSPS) is 18.4. The summed E-state index contributed by atoms with van der Waals surface area (Å²) in [5.74, 6) is -1.48. The Morgan fingerprint density at radius 2 is 1.51 bits per heavy atom. The van der Waals surface area contributed by atoms with Gasteiger partial charge in [0.15, 0.2) is 11.9 Å². The third-order valence-corrected chi connectivity index (χ3v) is 8.07. The number of nitrogens with one attached hydrogen (secondary N) is 1. The second-order valence-electron chi connectivity index (χ2n) is 11.5. The van der Waals surface area contributed by atoms with Crippen LogP contribution in [0.5, 0.6) is 5.75 Å². The molecule has 2 heterocycles. The SMILES string of the molecule is CC(C)Oc1c(C2=C(C(=O)OC(c3ccccc3)c3ccccc3)N3C(=O)C(NC(=O)OC(C)(C)C)[C@@H]3SC2)c(=O)c1=O. The predicted molar refractivity (Wildman–Crippen MR) is 161 cm³/mol. The highest BCUT2D eigenvalue weighted by Gasteiger charge is 2.56. The van der Waals surface area contributed by atoms with E-state index in [9.17, 15) is 24.0 Å². The zero-order chi connectivity index (χ0) is 31.1. The molecule has 11 heteroatoms. The maximum absolute atomic E-state index is 14.1. The number of hydrogen-bond acceptors (Lipinski definition) is 9. The molecule has 3 aromatic carbocycles. The number of rotatable bonds is 8. The van der Waals surface area contributed by atoms with Crippen LogP contribution in [0.1, 0.15) is 57.4 Å². The Kier molecular flexibility index (Phi) is 8.20. The van der Waals surface area contributed by atoms with Crippen LogP contribution in [0, 0.1) is 0 Å². The van der Waals surface area contributed by atoms with Crippen LogP contribution in [-0.2, 0) is 19.1 Å². The summed E-state index contributed by atoms with van der Waals surface area (Å²) in [5, 5.41) is 1.92. The summed E-state index contributed by atoms with van der Waals surface area (Å²) in [6.07, 6.45) is -2.01. The van der Waals surface area contributed by atoms with Gasteiger partial charge in [0.05, 0.1) is 11.7 Å². The van der Waals surface area contributed by atoms with E-state index in [2.05, 4.69) is 5.32 Å². The Labute approximate surface area is 252 Å². The highest BCUT2D eigenvalue weighted by molar-refractivity contribution is 8.00. The zero-order valence-electron chi connectivity index (χ0n) is 24.4. The third kappa shape index (κ3) is 5.94. The highest BCUT2D eigenvalue weighted by Crippen LogP contribution is 2.45. The van der Waals surface area contributed by atoms with Crippen LogP contribution in [0.25, 0.3) is 5.57 Å². The standard InChI is InChI=1S/C32H32N2O8S/c1-17(2)40-27-21(24(35)25(27)36)20-16-43-29-22(33-31(39)42-32(3,4)5)28(37)34(29)23(20)30(38)41-26(18-12-8-6-9-13-18)19-14-10-7-11-15-19/h6-15,17,22,26,29H,16H2,1-5H3,(H,33,39)/t22?,29-/m0/s1. The van der Waals surface area contributed by atoms with Crippen molar-refractivity contribution in [2.24, 2.45) is 0 Å². The fourth-order valence-corrected chi connectivity index (χ4v) is 6.33. The summed E-state index contributed by atoms with van der Waals surface area (Å²) in [7, 11) is 0. The molecule has 2 aliphatic heterocycles. The van der Waals surface area contributed by atoms with E-state index in [1.807, 2.05) is 60.7 Å². The van der Waals surface area contributed by atoms with Crippen LogP contribution in [-0.4, -0.2) is 51.7 Å². The molecule has 1 saturated heterocycles. The van der Waals surface area contributed by atoms with Gasteiger partial charge in [-0.1, -0.05) is 60.7 Å². The molecule has 2 atom stereocenters. The van der Waals surface area contributed by atoms with Gasteiger partial charge < -0.3 is 19.5 Å². The monoisotopic (exact) mass is 604 g/mol. The minimum atomic E-state index is -0.970. The molecule has 224 valence electrons. The van der Waals surface area contributed by atoms with Crippen LogP contribution in [0.3, 0.4) is 0 Å². The lowest BCUT2D eigenvalue weighted by molar-refractivity contribution is -0.153. The number of amides is 2. The molecule has 10 nitrogen and oxygen atoms in total. The van der Waals surface area contributed by atoms with Crippen molar-refractivity contribution < 1.29 is 28.6 Å². The van der Waals surface area contributed by atoms with Crippen LogP contribution in [0.2, 0.25) is 0 Å². The van der Waals surface area contributed by atoms with Crippen LogP contribution < -0.4 is 20.9 Å². The Morgan fingerprint density at radius 1 is 0.930 bits per heavy atom. The smallest absolute Gasteiger partial charge is 0.408 e. The van der Waals surface area contributed by atoms with Crippen molar-refractivity contribution in [2.75, 3.05) is 5.75 Å². The van der Waals surface area contributed by atoms with Crippen LogP contribution in [0.4, 0.5) is 4.79 Å². The van der Waals surface area contributed by atoms with Gasteiger partial charge in [0.25, 0.3) is 11.3 Å². The van der Waals surface area contributed by atoms with E-state index in [4.69, 9.17) is 14.2 Å². The van der Waals surface area contributed by atoms with E-state index in [1.165, 1.54) is 16.7 Å². The van der Waals surface area contributed by atoms with Gasteiger partial charge in [-0.05, 0) is 45.7 Å². The van der Waals surface area contributed by atoms with E-state index in [-0.39, 0.29) is 28.3 Å². The molecule has 0 bridgehead atoms. The number of esters is 1. The molecule has 1 N–H and O–H groups in total. The third-order valence-electron chi connectivity index (χ3n) is 6.79. The average molecular weight is 605 g/mol. The Bertz CT molecular complexity index is 1610. The molecule has 0 aliphatic carbocycles. The lowest BCUT2D eigenvalue weighted by Crippen LogP contribution is -2.70. The number of hydrogen-bond donors (Lipinski definition) is 1. The van der Waals surface area contributed by atoms with Crippen molar-refractivity contribution in [3.63, 3.8) is 0 Å². The number of fused-ring (bicyclic) bond motifs is 1. The molecule has 1 unspecified atom stereocenters. The molecule has 0 spiro atoms. The largest absolute Gasteiger partial charge is 0.486 e. The molecule has 43 heavy (non-hydrogen) atoms. The molecular formula is C32H32N2O8S. The summed E-state index contributed by atoms with van der Waals surface area (Å²) in [4.78, 5) is 66.7. The van der Waals surface area contributed by atoms with E-state index in [1.54, 1.807) is 34.6 Å². The molecule has 5 rings (SSSR count). The van der Waals surface area contributed by atoms with Gasteiger partial charge in [-0.2, -0.15) is 0 Å². The van der Waals surface area contributed by atoms with Crippen molar-refractivity contribution in [3.8, 4) is 5.75 Å². The van der Waals surface area contributed by atoms with E-state index >= 15 is 0 Å². The average Bonchev–Trinajstić information content (AvgIpc) is 2.97. The second-order valence-corrected chi connectivity index (χ2v) is 12.6. The maximum Gasteiger partial charge on any atom is 0.408 e. The Hall–Kier alpha value is -4.38. The summed E-state index contributed by atoms with van der Waals surface area (Å²) in [6.45, 7) is 8.55. The van der Waals surface area contributed by atoms with Gasteiger partial charge in [0.2, 0.25) is 5.43 Å². The lowest BCUT2D eigenvalue weighted by Gasteiger charge is -2.49. The van der Waals surface area contributed by atoms with E-state index in [0.29, 0.717) is 11.1 Å². The topological polar surface area (TPSA) is 128 Å². The van der Waals surface area contributed by atoms with Gasteiger partial charge in [-0.25, -0.2) is 9.59 Å². The Balaban J connectivity index is 1.55. The molecule has 0 saturated carbocycles. The fraction of sp³-hybridized carbons (Fsp3) is 0.344. The number of β-lactam (4-membered cyclic amide) rings is 1. The van der Waals surface area contributed by atoms with Gasteiger partial charge in [0, 0.05) is 11.3 Å². The first-order valence-corrected chi connectivity index (χ1v) is 14.9. The first kappa shape index (κ1) is 30.1. The summed E-state index contributed by atoms with van der Waals surface area (Å²) in [6, 6.07) is 17.3. The number of carbonyl (C=O) groups excluding carboxylic acids is 3. The van der Waals surface area contributed by atoms with Gasteiger partial charge in [-0.15, -0.1) is 11.8 Å². The summed E-state index contributed by atoms with van der Waals surface area (Å²) >= 11 is 1.24. The molecule has 2 aliphatic rings. The molecule has 0 radical (unpaired) electrons. The number of carbonyl (C=O) groups is 3. The summed E-state index contributed by atoms with van der Waals surface area (Å²) in [5.41, 5.74) is -0.992. The molecule has 2 amide bonds. The van der Waals surface area contributed by atoms with E-state index in [0.717, 1.165) is 0 Å². The minimum absolute atomic E-state index is 0.0380. The van der Waals surface area contributed by atoms with Gasteiger partial charge in [0.1, 0.15) is 22.7 Å². The van der Waals surface area contributed by atoms with Crippen molar-refractivity contribution >= 4 is 35.3 Å². The number of benzene rings is 2. The lowest BCUT2D eigenvalue weighted by atomic mass is 9.95. The zero-order valence-corrected chi connectivity index (χ0v) is 25.2. The number of ether oxygens (including phenoxy) is 3. The van der Waals surface area contributed by atoms with Gasteiger partial charge >= 0.3 is 12.1 Å². The van der Waals surface area contributed by atoms with Crippen molar-refractivity contribution in [1.82, 2.24) is 10.2 Å². The second kappa shape index (κ2) is 11.7. The van der Waals surface area contributed by atoms with E-state index < -0.39 is 58.1 Å². The molecule has 1 fully saturated rings. The van der Waals surface area contributed by atoms with Crippen LogP contribution in [0.15, 0.2) is 75.9 Å². The van der Waals surface area contributed by atoms with Crippen molar-refractivity contribution in [2.45, 2.75) is 63.8 Å². The quantitative estimate of drug-likeness (QED) is 0.231. The van der Waals surface area contributed by atoms with Gasteiger partial charge in [-0.3, -0.25) is 19.3 Å². The van der Waals surface area contributed by atoms with Crippen LogP contribution >= 0.6 is 11.8 Å². The number of alkyl carbamates (subject to hydrolysis) is 1. The number of thioether (sulfide) groups is 1. The summed E-state index contributed by atoms with van der Waals surface area (Å²) < 4.78 is 17.1. The van der Waals surface area contributed by atoms with Crippen molar-refractivity contribution in [3.05, 3.63) is 103 Å². The number of nitrogens with zero attached hydrogens (tertiary/aromatic N) is 1. The predicted octanol–water partition coefficient (Wildman–Crippen LogP) is 3.92. The first-order valence-electron chi connectivity index (χ1n) is 13.9. The minimum Gasteiger partial charge on any atom is -0.486 e. The fourth-order valence-electron chi connectivity index (χ4n) is 4.97. The van der Waals surface area contributed by atoms with Crippen molar-refractivity contribution in [1.29, 1.82) is 0 Å². The molecule has 3 aromatic rings. The maximum atomic E-state index is 14.1. The molecule has 0 aromatic heterocycles. The highest BCUT2D eigenvalue weighted by atomic mass is 32.2.